The summed E-state index contributed by atoms with van der Waals surface area (Å²) in [5.41, 5.74) is 1.20. The molecule has 0 aliphatic heterocycles. The molecule has 1 heterocycles. The van der Waals surface area contributed by atoms with Gasteiger partial charge in [-0.05, 0) is 12.1 Å². The number of nitriles is 2. The van der Waals surface area contributed by atoms with Gasteiger partial charge in [0, 0.05) is 12.4 Å². The summed E-state index contributed by atoms with van der Waals surface area (Å²) >= 11 is 0. The average molecular weight is 194 g/mol. The summed E-state index contributed by atoms with van der Waals surface area (Å²) in [4.78, 5) is 3.88. The molecular formula is C11H6N4. The van der Waals surface area contributed by atoms with Crippen LogP contribution < -0.4 is 0 Å². The minimum atomic E-state index is 0.276. The quantitative estimate of drug-likeness (QED) is 0.692. The van der Waals surface area contributed by atoms with Crippen molar-refractivity contribution in [3.8, 4) is 17.8 Å². The van der Waals surface area contributed by atoms with E-state index < -0.39 is 0 Å². The monoisotopic (exact) mass is 194 g/mol. The molecule has 0 amide bonds. The van der Waals surface area contributed by atoms with Crippen LogP contribution in [0.2, 0.25) is 0 Å². The van der Waals surface area contributed by atoms with Crippen LogP contribution in [0.25, 0.3) is 5.69 Å². The zero-order valence-corrected chi connectivity index (χ0v) is 7.75. The van der Waals surface area contributed by atoms with Gasteiger partial charge < -0.3 is 0 Å². The van der Waals surface area contributed by atoms with E-state index in [9.17, 15) is 0 Å². The van der Waals surface area contributed by atoms with Gasteiger partial charge >= 0.3 is 0 Å². The molecular weight excluding hydrogens is 188 g/mol. The van der Waals surface area contributed by atoms with E-state index in [1.807, 2.05) is 12.1 Å². The van der Waals surface area contributed by atoms with Crippen LogP contribution in [0, 0.1) is 22.7 Å². The maximum atomic E-state index is 8.91. The Labute approximate surface area is 86.6 Å². The first-order chi connectivity index (χ1) is 7.36. The van der Waals surface area contributed by atoms with Crippen molar-refractivity contribution in [3.05, 3.63) is 48.0 Å². The zero-order chi connectivity index (χ0) is 10.7. The molecule has 0 unspecified atom stereocenters. The lowest BCUT2D eigenvalue weighted by molar-refractivity contribution is 1.01. The van der Waals surface area contributed by atoms with Crippen LogP contribution in [0.3, 0.4) is 0 Å². The van der Waals surface area contributed by atoms with Crippen molar-refractivity contribution in [2.45, 2.75) is 0 Å². The standard InChI is InChI=1S/C11H6N4/c12-7-9-3-1-2-4-10(9)15-6-5-14-11(15)8-13/h1-6H. The van der Waals surface area contributed by atoms with Crippen LogP contribution >= 0.6 is 0 Å². The minimum Gasteiger partial charge on any atom is -0.290 e. The summed E-state index contributed by atoms with van der Waals surface area (Å²) in [6.07, 6.45) is 3.20. The van der Waals surface area contributed by atoms with Crippen LogP contribution in [-0.2, 0) is 0 Å². The fourth-order valence-electron chi connectivity index (χ4n) is 1.36. The van der Waals surface area contributed by atoms with E-state index >= 15 is 0 Å². The molecule has 0 fully saturated rings. The lowest BCUT2D eigenvalue weighted by atomic mass is 10.2. The largest absolute Gasteiger partial charge is 0.290 e. The maximum absolute atomic E-state index is 8.91. The Morgan fingerprint density at radius 2 is 1.93 bits per heavy atom. The van der Waals surface area contributed by atoms with Gasteiger partial charge in [0.1, 0.15) is 12.1 Å². The highest BCUT2D eigenvalue weighted by atomic mass is 15.1. The first kappa shape index (κ1) is 8.98. The van der Waals surface area contributed by atoms with E-state index in [4.69, 9.17) is 10.5 Å². The van der Waals surface area contributed by atoms with Crippen LogP contribution in [-0.4, -0.2) is 9.55 Å². The molecule has 15 heavy (non-hydrogen) atoms. The number of imidazole rings is 1. The highest BCUT2D eigenvalue weighted by Gasteiger charge is 2.07. The van der Waals surface area contributed by atoms with Crippen molar-refractivity contribution in [1.82, 2.24) is 9.55 Å². The number of aromatic nitrogens is 2. The Balaban J connectivity index is 2.66. The number of hydrogen-bond acceptors (Lipinski definition) is 3. The molecule has 0 spiro atoms. The van der Waals surface area contributed by atoms with Crippen LogP contribution in [0.4, 0.5) is 0 Å². The van der Waals surface area contributed by atoms with Gasteiger partial charge in [0.25, 0.3) is 0 Å². The van der Waals surface area contributed by atoms with Crippen LogP contribution in [0.1, 0.15) is 11.4 Å². The maximum Gasteiger partial charge on any atom is 0.217 e. The SMILES string of the molecule is N#Cc1ccccc1-n1ccnc1C#N. The lowest BCUT2D eigenvalue weighted by Gasteiger charge is -2.04. The lowest BCUT2D eigenvalue weighted by Crippen LogP contribution is -1.98. The molecule has 0 aliphatic rings. The summed E-state index contributed by atoms with van der Waals surface area (Å²) < 4.78 is 1.60. The van der Waals surface area contributed by atoms with E-state index in [0.29, 0.717) is 11.3 Å². The molecule has 70 valence electrons. The second-order valence-corrected chi connectivity index (χ2v) is 2.86. The second kappa shape index (κ2) is 3.65. The zero-order valence-electron chi connectivity index (χ0n) is 7.75. The summed E-state index contributed by atoms with van der Waals surface area (Å²) in [6.45, 7) is 0. The summed E-state index contributed by atoms with van der Waals surface area (Å²) in [7, 11) is 0. The average Bonchev–Trinajstić information content (AvgIpc) is 2.76. The minimum absolute atomic E-state index is 0.276. The Kier molecular flexibility index (Phi) is 2.19. The topological polar surface area (TPSA) is 65.4 Å². The normalized spacial score (nSPS) is 9.20. The van der Waals surface area contributed by atoms with Gasteiger partial charge in [-0.1, -0.05) is 12.1 Å². The predicted octanol–water partition coefficient (Wildman–Crippen LogP) is 1.62. The molecule has 0 saturated heterocycles. The number of hydrogen-bond donors (Lipinski definition) is 0. The molecule has 0 saturated carbocycles. The highest BCUT2D eigenvalue weighted by molar-refractivity contribution is 5.50. The Morgan fingerprint density at radius 1 is 1.13 bits per heavy atom. The van der Waals surface area contributed by atoms with Gasteiger partial charge in [0.15, 0.2) is 0 Å². The molecule has 2 aromatic rings. The van der Waals surface area contributed by atoms with Crippen molar-refractivity contribution < 1.29 is 0 Å². The number of rotatable bonds is 1. The third-order valence-electron chi connectivity index (χ3n) is 2.02. The fourth-order valence-corrected chi connectivity index (χ4v) is 1.36. The first-order valence-corrected chi connectivity index (χ1v) is 4.30. The molecule has 1 aromatic carbocycles. The number of para-hydroxylation sites is 1. The molecule has 1 aromatic heterocycles. The van der Waals surface area contributed by atoms with Gasteiger partial charge in [-0.3, -0.25) is 4.57 Å². The second-order valence-electron chi connectivity index (χ2n) is 2.86. The van der Waals surface area contributed by atoms with E-state index in [2.05, 4.69) is 11.1 Å². The van der Waals surface area contributed by atoms with Gasteiger partial charge in [-0.2, -0.15) is 10.5 Å². The first-order valence-electron chi connectivity index (χ1n) is 4.30. The highest BCUT2D eigenvalue weighted by Crippen LogP contribution is 2.14. The Bertz CT molecular complexity index is 569. The van der Waals surface area contributed by atoms with Crippen molar-refractivity contribution in [1.29, 1.82) is 10.5 Å². The molecule has 0 aliphatic carbocycles. The Morgan fingerprint density at radius 3 is 2.67 bits per heavy atom. The molecule has 0 radical (unpaired) electrons. The van der Waals surface area contributed by atoms with Crippen LogP contribution in [0.5, 0.6) is 0 Å². The van der Waals surface area contributed by atoms with Crippen LogP contribution in [0.15, 0.2) is 36.7 Å². The van der Waals surface area contributed by atoms with Crippen molar-refractivity contribution in [2.75, 3.05) is 0 Å². The number of benzene rings is 1. The number of nitrogens with zero attached hydrogens (tertiary/aromatic N) is 4. The van der Waals surface area contributed by atoms with Crippen molar-refractivity contribution in [2.24, 2.45) is 0 Å². The van der Waals surface area contributed by atoms with Crippen molar-refractivity contribution >= 4 is 0 Å². The molecule has 4 nitrogen and oxygen atoms in total. The molecule has 0 N–H and O–H groups in total. The molecule has 0 atom stereocenters. The van der Waals surface area contributed by atoms with E-state index in [1.54, 1.807) is 29.0 Å². The summed E-state index contributed by atoms with van der Waals surface area (Å²) in [5, 5.41) is 17.7. The van der Waals surface area contributed by atoms with E-state index in [-0.39, 0.29) is 5.82 Å². The van der Waals surface area contributed by atoms with E-state index in [1.165, 1.54) is 6.20 Å². The van der Waals surface area contributed by atoms with Gasteiger partial charge in [-0.15, -0.1) is 0 Å². The third kappa shape index (κ3) is 1.45. The molecule has 4 heteroatoms. The molecule has 2 rings (SSSR count). The van der Waals surface area contributed by atoms with Gasteiger partial charge in [-0.25, -0.2) is 4.98 Å². The molecule has 0 bridgehead atoms. The smallest absolute Gasteiger partial charge is 0.217 e. The summed E-state index contributed by atoms with van der Waals surface area (Å²) in [6, 6.07) is 11.1. The fraction of sp³-hybridized carbons (Fsp3) is 0. The summed E-state index contributed by atoms with van der Waals surface area (Å²) in [5.74, 6) is 0.276. The van der Waals surface area contributed by atoms with Crippen molar-refractivity contribution in [3.63, 3.8) is 0 Å². The third-order valence-corrected chi connectivity index (χ3v) is 2.02. The predicted molar refractivity (Wildman–Crippen MR) is 53.0 cm³/mol. The Hall–Kier alpha value is -2.59. The van der Waals surface area contributed by atoms with Gasteiger partial charge in [0.05, 0.1) is 11.3 Å². The van der Waals surface area contributed by atoms with E-state index in [0.717, 1.165) is 0 Å². The van der Waals surface area contributed by atoms with Gasteiger partial charge in [0.2, 0.25) is 5.82 Å².